The molecule has 0 N–H and O–H groups in total. The Kier molecular flexibility index (Phi) is 8.38. The number of allylic oxidation sites excluding steroid dienone is 3. The summed E-state index contributed by atoms with van der Waals surface area (Å²) in [5.41, 5.74) is 1.15. The lowest BCUT2D eigenvalue weighted by Gasteiger charge is -2.30. The molecule has 0 spiro atoms. The van der Waals surface area contributed by atoms with E-state index in [1.54, 1.807) is 13.2 Å². The molecule has 4 heteroatoms. The number of hydrogen-bond acceptors (Lipinski definition) is 1. The van der Waals surface area contributed by atoms with E-state index in [9.17, 15) is 4.39 Å². The lowest BCUT2D eigenvalue weighted by atomic mass is 9.75. The van der Waals surface area contributed by atoms with Crippen LogP contribution in [0.2, 0.25) is 0 Å². The average Bonchev–Trinajstić information content (AvgIpc) is 2.85. The number of rotatable bonds is 6. The minimum Gasteiger partial charge on any atom is -0.374 e. The van der Waals surface area contributed by atoms with Crippen LogP contribution < -0.4 is 0 Å². The zero-order valence-electron chi connectivity index (χ0n) is 20.2. The lowest BCUT2D eigenvalue weighted by molar-refractivity contribution is 0.0944. The molecule has 182 valence electrons. The molecule has 33 heavy (non-hydrogen) atoms. The van der Waals surface area contributed by atoms with Crippen molar-refractivity contribution >= 4 is 0 Å². The van der Waals surface area contributed by atoms with Crippen molar-refractivity contribution in [3.05, 3.63) is 58.9 Å². The van der Waals surface area contributed by atoms with Gasteiger partial charge in [0.15, 0.2) is 11.6 Å². The first-order valence-corrected chi connectivity index (χ1v) is 13.1. The van der Waals surface area contributed by atoms with Crippen LogP contribution in [0.5, 0.6) is 0 Å². The van der Waals surface area contributed by atoms with Gasteiger partial charge >= 0.3 is 0 Å². The second-order valence-electron chi connectivity index (χ2n) is 10.5. The molecule has 1 aromatic rings. The first-order valence-electron chi connectivity index (χ1n) is 13.1. The first kappa shape index (κ1) is 24.6. The van der Waals surface area contributed by atoms with Crippen molar-refractivity contribution < 1.29 is 17.9 Å². The number of hydrogen-bond donors (Lipinski definition) is 0. The second-order valence-corrected chi connectivity index (χ2v) is 10.5. The first-order chi connectivity index (χ1) is 16.0. The van der Waals surface area contributed by atoms with Gasteiger partial charge in [0, 0.05) is 7.11 Å². The second kappa shape index (κ2) is 11.3. The van der Waals surface area contributed by atoms with Crippen LogP contribution in [0.1, 0.15) is 101 Å². The van der Waals surface area contributed by atoms with Gasteiger partial charge < -0.3 is 4.74 Å². The number of ether oxygens (including phenoxy) is 1. The van der Waals surface area contributed by atoms with Gasteiger partial charge in [-0.1, -0.05) is 37.6 Å². The number of benzene rings is 1. The highest BCUT2D eigenvalue weighted by atomic mass is 19.2. The highest BCUT2D eigenvalue weighted by molar-refractivity contribution is 5.32. The van der Waals surface area contributed by atoms with Crippen molar-refractivity contribution in [1.29, 1.82) is 0 Å². The van der Waals surface area contributed by atoms with Crippen LogP contribution in [0.3, 0.4) is 0 Å². The fraction of sp³-hybridized carbons (Fsp3) is 0.655. The quantitative estimate of drug-likeness (QED) is 0.386. The molecule has 0 aromatic heterocycles. The predicted octanol–water partition coefficient (Wildman–Crippen LogP) is 8.76. The lowest BCUT2D eigenvalue weighted by Crippen LogP contribution is -2.18. The molecule has 0 bridgehead atoms. The zero-order chi connectivity index (χ0) is 23.4. The summed E-state index contributed by atoms with van der Waals surface area (Å²) in [7, 11) is 1.55. The van der Waals surface area contributed by atoms with Gasteiger partial charge in [0.05, 0.1) is 0 Å². The summed E-state index contributed by atoms with van der Waals surface area (Å²) in [5, 5.41) is 0. The molecule has 0 radical (unpaired) electrons. The number of methoxy groups -OCH3 is 1. The highest BCUT2D eigenvalue weighted by Gasteiger charge is 2.29. The van der Waals surface area contributed by atoms with Crippen LogP contribution in [0.25, 0.3) is 0 Å². The standard InChI is InChI=1S/C29H39F3O/c1-3-19-6-11-22(12-7-19)24-15-16-25(29(32)28(24)31)23-13-8-20(9-14-23)4-5-21-10-17-27(33-2)26(30)18-21/h4-5,15-16,18-23,27H,3,6-14,17H2,1-2H3/b5-4+. The Labute approximate surface area is 197 Å². The Morgan fingerprint density at radius 3 is 1.88 bits per heavy atom. The molecule has 2 fully saturated rings. The van der Waals surface area contributed by atoms with E-state index in [-0.39, 0.29) is 23.6 Å². The summed E-state index contributed by atoms with van der Waals surface area (Å²) in [6.45, 7) is 2.22. The molecule has 1 nitrogen and oxygen atoms in total. The molecule has 3 aliphatic rings. The number of halogens is 3. The smallest absolute Gasteiger partial charge is 0.162 e. The Morgan fingerprint density at radius 1 is 0.788 bits per heavy atom. The molecular formula is C29H39F3O. The van der Waals surface area contributed by atoms with Crippen LogP contribution in [0, 0.1) is 29.4 Å². The summed E-state index contributed by atoms with van der Waals surface area (Å²) >= 11 is 0. The van der Waals surface area contributed by atoms with Crippen molar-refractivity contribution in [3.63, 3.8) is 0 Å². The minimum absolute atomic E-state index is 0.0866. The molecule has 2 atom stereocenters. The van der Waals surface area contributed by atoms with Gasteiger partial charge in [-0.15, -0.1) is 0 Å². The average molecular weight is 461 g/mol. The van der Waals surface area contributed by atoms with Crippen molar-refractivity contribution in [3.8, 4) is 0 Å². The van der Waals surface area contributed by atoms with Gasteiger partial charge in [0.1, 0.15) is 11.9 Å². The summed E-state index contributed by atoms with van der Waals surface area (Å²) < 4.78 is 49.3. The van der Waals surface area contributed by atoms with Crippen LogP contribution in [0.15, 0.2) is 36.2 Å². The molecule has 2 saturated carbocycles. The van der Waals surface area contributed by atoms with E-state index < -0.39 is 17.7 Å². The molecule has 1 aromatic carbocycles. The molecule has 4 rings (SSSR count). The van der Waals surface area contributed by atoms with E-state index in [2.05, 4.69) is 19.1 Å². The van der Waals surface area contributed by atoms with Gasteiger partial charge in [0.25, 0.3) is 0 Å². The molecule has 0 saturated heterocycles. The third-order valence-corrected chi connectivity index (χ3v) is 8.58. The summed E-state index contributed by atoms with van der Waals surface area (Å²) in [5.74, 6) is 0.169. The molecule has 0 aliphatic heterocycles. The SMILES string of the molecule is CCC1CCC(c2ccc(C3CCC(/C=C/C4C=C(F)C(OC)CC4)CC3)c(F)c2F)CC1. The predicted molar refractivity (Wildman–Crippen MR) is 128 cm³/mol. The van der Waals surface area contributed by atoms with Gasteiger partial charge in [-0.2, -0.15) is 0 Å². The highest BCUT2D eigenvalue weighted by Crippen LogP contribution is 2.42. The van der Waals surface area contributed by atoms with E-state index in [1.807, 2.05) is 12.1 Å². The third-order valence-electron chi connectivity index (χ3n) is 8.58. The third kappa shape index (κ3) is 5.75. The van der Waals surface area contributed by atoms with E-state index >= 15 is 8.78 Å². The van der Waals surface area contributed by atoms with E-state index in [4.69, 9.17) is 4.74 Å². The van der Waals surface area contributed by atoms with Crippen molar-refractivity contribution in [2.24, 2.45) is 17.8 Å². The normalized spacial score (nSPS) is 33.3. The van der Waals surface area contributed by atoms with E-state index in [1.165, 1.54) is 6.42 Å². The van der Waals surface area contributed by atoms with Gasteiger partial charge in [-0.05, 0) is 111 Å². The largest absolute Gasteiger partial charge is 0.374 e. The Morgan fingerprint density at radius 2 is 1.36 bits per heavy atom. The fourth-order valence-electron chi connectivity index (χ4n) is 6.27. The summed E-state index contributed by atoms with van der Waals surface area (Å²) in [6.07, 6.45) is 16.3. The van der Waals surface area contributed by atoms with Gasteiger partial charge in [-0.25, -0.2) is 13.2 Å². The Hall–Kier alpha value is -1.55. The molecule has 0 heterocycles. The van der Waals surface area contributed by atoms with Gasteiger partial charge in [0.2, 0.25) is 0 Å². The van der Waals surface area contributed by atoms with Crippen LogP contribution in [0.4, 0.5) is 13.2 Å². The zero-order valence-corrected chi connectivity index (χ0v) is 20.2. The van der Waals surface area contributed by atoms with Gasteiger partial charge in [-0.3, -0.25) is 0 Å². The minimum atomic E-state index is -0.611. The monoisotopic (exact) mass is 460 g/mol. The van der Waals surface area contributed by atoms with Crippen LogP contribution in [-0.4, -0.2) is 13.2 Å². The molecule has 3 aliphatic carbocycles. The fourth-order valence-corrected chi connectivity index (χ4v) is 6.27. The van der Waals surface area contributed by atoms with E-state index in [0.29, 0.717) is 23.5 Å². The van der Waals surface area contributed by atoms with Crippen molar-refractivity contribution in [2.45, 2.75) is 95.5 Å². The molecular weight excluding hydrogens is 421 g/mol. The van der Waals surface area contributed by atoms with Crippen LogP contribution in [-0.2, 0) is 4.74 Å². The Balaban J connectivity index is 1.33. The van der Waals surface area contributed by atoms with Crippen LogP contribution >= 0.6 is 0 Å². The molecule has 0 amide bonds. The topological polar surface area (TPSA) is 9.23 Å². The van der Waals surface area contributed by atoms with Crippen molar-refractivity contribution in [1.82, 2.24) is 0 Å². The summed E-state index contributed by atoms with van der Waals surface area (Å²) in [6, 6.07) is 3.73. The molecule has 2 unspecified atom stereocenters. The maximum absolute atomic E-state index is 15.1. The van der Waals surface area contributed by atoms with Crippen molar-refractivity contribution in [2.75, 3.05) is 7.11 Å². The Bertz CT molecular complexity index is 845. The summed E-state index contributed by atoms with van der Waals surface area (Å²) in [4.78, 5) is 0. The maximum Gasteiger partial charge on any atom is 0.162 e. The van der Waals surface area contributed by atoms with E-state index in [0.717, 1.165) is 63.7 Å². The maximum atomic E-state index is 15.1.